The molecule has 0 amide bonds. The van der Waals surface area contributed by atoms with Crippen molar-refractivity contribution < 1.29 is 4.79 Å². The van der Waals surface area contributed by atoms with Gasteiger partial charge in [0.15, 0.2) is 0 Å². The lowest BCUT2D eigenvalue weighted by Crippen LogP contribution is -1.95. The van der Waals surface area contributed by atoms with E-state index in [2.05, 4.69) is 4.98 Å². The van der Waals surface area contributed by atoms with Crippen LogP contribution in [0.4, 0.5) is 0 Å². The Bertz CT molecular complexity index is 797. The fraction of sp³-hybridized carbons (Fsp3) is 0. The predicted octanol–water partition coefficient (Wildman–Crippen LogP) is 4.93. The molecule has 0 fully saturated rings. The van der Waals surface area contributed by atoms with Gasteiger partial charge in [0.05, 0.1) is 11.2 Å². The van der Waals surface area contributed by atoms with Crippen molar-refractivity contribution in [2.45, 2.75) is 0 Å². The summed E-state index contributed by atoms with van der Waals surface area (Å²) in [7, 11) is 0. The van der Waals surface area contributed by atoms with Gasteiger partial charge in [0.1, 0.15) is 0 Å². The number of para-hydroxylation sites is 1. The van der Waals surface area contributed by atoms with Crippen LogP contribution in [0, 0.1) is 0 Å². The number of aromatic nitrogens is 1. The minimum absolute atomic E-state index is 0.460. The number of benzene rings is 2. The van der Waals surface area contributed by atoms with Crippen molar-refractivity contribution in [1.82, 2.24) is 4.98 Å². The smallest absolute Gasteiger partial charge is 0.253 e. The summed E-state index contributed by atoms with van der Waals surface area (Å²) in [4.78, 5) is 16.2. The molecule has 0 N–H and O–H groups in total. The third-order valence-corrected chi connectivity index (χ3v) is 3.52. The fourth-order valence-corrected chi connectivity index (χ4v) is 2.39. The van der Waals surface area contributed by atoms with E-state index < -0.39 is 5.24 Å². The summed E-state index contributed by atoms with van der Waals surface area (Å²) in [5.74, 6) is 0. The van der Waals surface area contributed by atoms with Gasteiger partial charge in [-0.3, -0.25) is 4.79 Å². The lowest BCUT2D eigenvalue weighted by atomic mass is 10.0. The summed E-state index contributed by atoms with van der Waals surface area (Å²) in [6, 6.07) is 16.4. The van der Waals surface area contributed by atoms with Crippen molar-refractivity contribution >= 4 is 39.3 Å². The van der Waals surface area contributed by atoms with Crippen molar-refractivity contribution in [2.75, 3.05) is 0 Å². The van der Waals surface area contributed by atoms with Gasteiger partial charge in [0.25, 0.3) is 5.24 Å². The highest BCUT2D eigenvalue weighted by molar-refractivity contribution is 6.68. The van der Waals surface area contributed by atoms with E-state index in [1.165, 1.54) is 0 Å². The molecule has 0 atom stereocenters. The zero-order chi connectivity index (χ0) is 14.1. The van der Waals surface area contributed by atoms with E-state index in [-0.39, 0.29) is 0 Å². The van der Waals surface area contributed by atoms with Gasteiger partial charge in [-0.1, -0.05) is 41.9 Å². The topological polar surface area (TPSA) is 30.0 Å². The molecule has 2 aromatic carbocycles. The van der Waals surface area contributed by atoms with Crippen LogP contribution in [0.1, 0.15) is 10.4 Å². The first-order chi connectivity index (χ1) is 9.65. The molecular formula is C16H9Cl2NO. The van der Waals surface area contributed by atoms with E-state index >= 15 is 0 Å². The number of fused-ring (bicyclic) bond motifs is 1. The lowest BCUT2D eigenvalue weighted by Gasteiger charge is -2.07. The molecule has 0 radical (unpaired) electrons. The van der Waals surface area contributed by atoms with Gasteiger partial charge < -0.3 is 0 Å². The second kappa shape index (κ2) is 5.23. The van der Waals surface area contributed by atoms with Crippen LogP contribution >= 0.6 is 23.2 Å². The third-order valence-electron chi connectivity index (χ3n) is 3.07. The number of pyridine rings is 1. The van der Waals surface area contributed by atoms with Gasteiger partial charge in [0, 0.05) is 21.5 Å². The average molecular weight is 302 g/mol. The molecule has 0 spiro atoms. The molecule has 1 aromatic heterocycles. The van der Waals surface area contributed by atoms with Crippen LogP contribution in [0.3, 0.4) is 0 Å². The van der Waals surface area contributed by atoms with Gasteiger partial charge in [0.2, 0.25) is 0 Å². The molecule has 0 bridgehead atoms. The van der Waals surface area contributed by atoms with E-state index in [1.54, 1.807) is 18.2 Å². The highest BCUT2D eigenvalue weighted by atomic mass is 35.5. The molecule has 98 valence electrons. The quantitative estimate of drug-likeness (QED) is 0.628. The molecule has 0 aliphatic carbocycles. The van der Waals surface area contributed by atoms with Crippen molar-refractivity contribution in [3.05, 3.63) is 65.2 Å². The minimum atomic E-state index is -0.487. The molecule has 1 heterocycles. The summed E-state index contributed by atoms with van der Waals surface area (Å²) in [5, 5.41) is 0.923. The summed E-state index contributed by atoms with van der Waals surface area (Å²) in [5.41, 5.74) is 2.79. The molecule has 0 saturated heterocycles. The van der Waals surface area contributed by atoms with Gasteiger partial charge in [-0.15, -0.1) is 0 Å². The van der Waals surface area contributed by atoms with E-state index in [0.717, 1.165) is 16.5 Å². The van der Waals surface area contributed by atoms with E-state index in [9.17, 15) is 4.79 Å². The fourth-order valence-electron chi connectivity index (χ4n) is 2.11. The molecular weight excluding hydrogens is 293 g/mol. The summed E-state index contributed by atoms with van der Waals surface area (Å²) in [6.45, 7) is 0. The SMILES string of the molecule is O=C(Cl)c1cc(-c2ccc(Cl)cc2)nc2ccccc12. The first-order valence-electron chi connectivity index (χ1n) is 6.01. The molecule has 0 unspecified atom stereocenters. The number of rotatable bonds is 2. The van der Waals surface area contributed by atoms with Crippen LogP contribution in [0.15, 0.2) is 54.6 Å². The first kappa shape index (κ1) is 13.1. The van der Waals surface area contributed by atoms with E-state index in [4.69, 9.17) is 23.2 Å². The molecule has 20 heavy (non-hydrogen) atoms. The number of hydrogen-bond donors (Lipinski definition) is 0. The Labute approximate surface area is 126 Å². The molecule has 0 aliphatic heterocycles. The minimum Gasteiger partial charge on any atom is -0.276 e. The third kappa shape index (κ3) is 2.40. The van der Waals surface area contributed by atoms with Crippen LogP contribution in [-0.4, -0.2) is 10.2 Å². The number of nitrogens with zero attached hydrogens (tertiary/aromatic N) is 1. The normalized spacial score (nSPS) is 10.7. The van der Waals surface area contributed by atoms with Gasteiger partial charge >= 0.3 is 0 Å². The van der Waals surface area contributed by atoms with Gasteiger partial charge in [-0.05, 0) is 35.9 Å². The Hall–Kier alpha value is -1.90. The molecule has 0 saturated carbocycles. The standard InChI is InChI=1S/C16H9Cl2NO/c17-11-7-5-10(6-8-11)15-9-13(16(18)20)12-3-1-2-4-14(12)19-15/h1-9H. The zero-order valence-electron chi connectivity index (χ0n) is 10.3. The van der Waals surface area contributed by atoms with E-state index in [0.29, 0.717) is 16.3 Å². The summed E-state index contributed by atoms with van der Waals surface area (Å²) in [6.07, 6.45) is 0. The van der Waals surface area contributed by atoms with Crippen molar-refractivity contribution in [2.24, 2.45) is 0 Å². The molecule has 4 heteroatoms. The van der Waals surface area contributed by atoms with Crippen molar-refractivity contribution in [3.63, 3.8) is 0 Å². The van der Waals surface area contributed by atoms with Crippen LogP contribution in [0.2, 0.25) is 5.02 Å². The van der Waals surface area contributed by atoms with Crippen molar-refractivity contribution in [3.8, 4) is 11.3 Å². The Morgan fingerprint density at radius 2 is 1.70 bits per heavy atom. The van der Waals surface area contributed by atoms with Crippen LogP contribution in [-0.2, 0) is 0 Å². The average Bonchev–Trinajstić information content (AvgIpc) is 2.46. The maximum absolute atomic E-state index is 11.6. The first-order valence-corrected chi connectivity index (χ1v) is 6.76. The Morgan fingerprint density at radius 3 is 2.40 bits per heavy atom. The Kier molecular flexibility index (Phi) is 3.43. The number of carbonyl (C=O) groups is 1. The van der Waals surface area contributed by atoms with Crippen molar-refractivity contribution in [1.29, 1.82) is 0 Å². The second-order valence-corrected chi connectivity index (χ2v) is 5.13. The monoisotopic (exact) mass is 301 g/mol. The van der Waals surface area contributed by atoms with Crippen LogP contribution in [0.25, 0.3) is 22.2 Å². The molecule has 0 aliphatic rings. The highest BCUT2D eigenvalue weighted by Gasteiger charge is 2.11. The predicted molar refractivity (Wildman–Crippen MR) is 82.4 cm³/mol. The Balaban J connectivity index is 2.27. The molecule has 3 aromatic rings. The number of hydrogen-bond acceptors (Lipinski definition) is 2. The summed E-state index contributed by atoms with van der Waals surface area (Å²) < 4.78 is 0. The second-order valence-electron chi connectivity index (χ2n) is 4.35. The largest absolute Gasteiger partial charge is 0.276 e. The number of halogens is 2. The maximum Gasteiger partial charge on any atom is 0.253 e. The molecule has 3 rings (SSSR count). The van der Waals surface area contributed by atoms with E-state index in [1.807, 2.05) is 36.4 Å². The van der Waals surface area contributed by atoms with Gasteiger partial charge in [-0.2, -0.15) is 0 Å². The number of carbonyl (C=O) groups excluding carboxylic acids is 1. The van der Waals surface area contributed by atoms with Crippen LogP contribution in [0.5, 0.6) is 0 Å². The zero-order valence-corrected chi connectivity index (χ0v) is 11.8. The maximum atomic E-state index is 11.6. The van der Waals surface area contributed by atoms with Crippen LogP contribution < -0.4 is 0 Å². The van der Waals surface area contributed by atoms with Gasteiger partial charge in [-0.25, -0.2) is 4.98 Å². The summed E-state index contributed by atoms with van der Waals surface area (Å²) >= 11 is 11.6. The highest BCUT2D eigenvalue weighted by Crippen LogP contribution is 2.26. The molecule has 2 nitrogen and oxygen atoms in total. The Morgan fingerprint density at radius 1 is 1.00 bits per heavy atom. The lowest BCUT2D eigenvalue weighted by molar-refractivity contribution is 0.108.